The van der Waals surface area contributed by atoms with Gasteiger partial charge in [0.05, 0.1) is 37.3 Å². The molecule has 0 aromatic heterocycles. The molecule has 0 saturated carbocycles. The molecule has 0 amide bonds. The highest BCUT2D eigenvalue weighted by Crippen LogP contribution is 2.56. The first kappa shape index (κ1) is 13.4. The van der Waals surface area contributed by atoms with Crippen molar-refractivity contribution < 1.29 is 4.74 Å². The van der Waals surface area contributed by atoms with Crippen molar-refractivity contribution in [2.45, 2.75) is 0 Å². The molecular weight excluding hydrogens is 252 g/mol. The number of nitriles is 4. The van der Waals surface area contributed by atoms with Crippen molar-refractivity contribution in [3.8, 4) is 24.3 Å². The molecule has 96 valence electrons. The van der Waals surface area contributed by atoms with Crippen LogP contribution >= 0.6 is 0 Å². The van der Waals surface area contributed by atoms with E-state index in [2.05, 4.69) is 0 Å². The Labute approximate surface area is 116 Å². The van der Waals surface area contributed by atoms with Crippen LogP contribution in [0.4, 0.5) is 0 Å². The Hall–Kier alpha value is -3.02. The molecule has 0 aromatic carbocycles. The summed E-state index contributed by atoms with van der Waals surface area (Å²) in [5.74, 6) is -0.990. The molecule has 5 heteroatoms. The molecule has 5 nitrogen and oxygen atoms in total. The molecule has 3 aliphatic rings. The van der Waals surface area contributed by atoms with Gasteiger partial charge in [-0.3, -0.25) is 0 Å². The molecule has 0 saturated heterocycles. The van der Waals surface area contributed by atoms with Crippen LogP contribution in [0.25, 0.3) is 0 Å². The van der Waals surface area contributed by atoms with E-state index >= 15 is 0 Å². The van der Waals surface area contributed by atoms with Crippen LogP contribution in [0.1, 0.15) is 0 Å². The minimum Gasteiger partial charge on any atom is -0.501 e. The third-order valence-electron chi connectivity index (χ3n) is 3.91. The van der Waals surface area contributed by atoms with Crippen LogP contribution in [0.3, 0.4) is 0 Å². The molecule has 0 unspecified atom stereocenters. The average molecular weight is 262 g/mol. The van der Waals surface area contributed by atoms with Crippen LogP contribution < -0.4 is 0 Å². The molecule has 0 aromatic rings. The third-order valence-corrected chi connectivity index (χ3v) is 3.91. The van der Waals surface area contributed by atoms with Crippen molar-refractivity contribution in [3.05, 3.63) is 36.1 Å². The lowest BCUT2D eigenvalue weighted by Gasteiger charge is -2.43. The van der Waals surface area contributed by atoms with Gasteiger partial charge in [0.2, 0.25) is 0 Å². The van der Waals surface area contributed by atoms with Crippen LogP contribution in [-0.2, 0) is 4.74 Å². The summed E-state index contributed by atoms with van der Waals surface area (Å²) in [7, 11) is 1.44. The molecule has 2 bridgehead atoms. The smallest absolute Gasteiger partial charge is 0.189 e. The Morgan fingerprint density at radius 2 is 1.50 bits per heavy atom. The number of fused-ring (bicyclic) bond motifs is 2. The largest absolute Gasteiger partial charge is 0.501 e. The summed E-state index contributed by atoms with van der Waals surface area (Å²) in [6.07, 6.45) is 8.32. The van der Waals surface area contributed by atoms with Gasteiger partial charge in [-0.1, -0.05) is 24.3 Å². The van der Waals surface area contributed by atoms with Gasteiger partial charge in [0.25, 0.3) is 0 Å². The van der Waals surface area contributed by atoms with E-state index in [-0.39, 0.29) is 0 Å². The maximum atomic E-state index is 9.58. The lowest BCUT2D eigenvalue weighted by molar-refractivity contribution is 0.126. The molecule has 2 atom stereocenters. The summed E-state index contributed by atoms with van der Waals surface area (Å²) >= 11 is 0. The summed E-state index contributed by atoms with van der Waals surface area (Å²) in [5.41, 5.74) is -3.56. The van der Waals surface area contributed by atoms with Gasteiger partial charge in [-0.2, -0.15) is 21.0 Å². The van der Waals surface area contributed by atoms with Crippen LogP contribution in [0.2, 0.25) is 0 Å². The van der Waals surface area contributed by atoms with Crippen LogP contribution in [0.5, 0.6) is 0 Å². The van der Waals surface area contributed by atoms with Gasteiger partial charge < -0.3 is 4.74 Å². The predicted octanol–water partition coefficient (Wildman–Crippen LogP) is 1.96. The quantitative estimate of drug-likeness (QED) is 0.718. The number of methoxy groups -OCH3 is 1. The van der Waals surface area contributed by atoms with Gasteiger partial charge in [-0.25, -0.2) is 0 Å². The van der Waals surface area contributed by atoms with Crippen molar-refractivity contribution in [3.63, 3.8) is 0 Å². The van der Waals surface area contributed by atoms with E-state index in [4.69, 9.17) is 4.74 Å². The average Bonchev–Trinajstić information content (AvgIpc) is 2.46. The van der Waals surface area contributed by atoms with E-state index in [1.807, 2.05) is 24.3 Å². The summed E-state index contributed by atoms with van der Waals surface area (Å²) in [4.78, 5) is 0. The molecule has 0 radical (unpaired) electrons. The summed E-state index contributed by atoms with van der Waals surface area (Å²) in [6, 6.07) is 7.65. The zero-order valence-corrected chi connectivity index (χ0v) is 10.7. The highest BCUT2D eigenvalue weighted by Gasteiger charge is 2.65. The number of allylic oxidation sites excluding steroid dienone is 5. The van der Waals surface area contributed by atoms with E-state index < -0.39 is 22.7 Å². The fourth-order valence-electron chi connectivity index (χ4n) is 2.81. The van der Waals surface area contributed by atoms with E-state index in [9.17, 15) is 21.0 Å². The van der Waals surface area contributed by atoms with Crippen LogP contribution in [0, 0.1) is 68.0 Å². The Morgan fingerprint density at radius 3 is 2.00 bits per heavy atom. The Bertz CT molecular complexity index is 659. The highest BCUT2D eigenvalue weighted by atomic mass is 16.5. The number of nitrogens with zero attached hydrogens (tertiary/aromatic N) is 4. The summed E-state index contributed by atoms with van der Waals surface area (Å²) in [6.45, 7) is 0. The normalized spacial score (nSPS) is 27.8. The number of ether oxygens (including phenoxy) is 1. The zero-order chi connectivity index (χ0) is 14.8. The second kappa shape index (κ2) is 4.58. The molecule has 0 N–H and O–H groups in total. The third kappa shape index (κ3) is 1.33. The fraction of sp³-hybridized carbons (Fsp3) is 0.333. The predicted molar refractivity (Wildman–Crippen MR) is 67.7 cm³/mol. The van der Waals surface area contributed by atoms with Gasteiger partial charge in [0.15, 0.2) is 10.8 Å². The molecular formula is C15H10N4O. The second-order valence-electron chi connectivity index (χ2n) is 4.61. The first-order chi connectivity index (χ1) is 9.65. The highest BCUT2D eigenvalue weighted by molar-refractivity contribution is 5.48. The van der Waals surface area contributed by atoms with Crippen molar-refractivity contribution in [2.24, 2.45) is 22.7 Å². The lowest BCUT2D eigenvalue weighted by atomic mass is 9.51. The van der Waals surface area contributed by atoms with Gasteiger partial charge in [0, 0.05) is 5.92 Å². The van der Waals surface area contributed by atoms with E-state index in [1.54, 1.807) is 30.4 Å². The molecule has 0 spiro atoms. The first-order valence-corrected chi connectivity index (χ1v) is 5.91. The van der Waals surface area contributed by atoms with E-state index in [0.717, 1.165) is 0 Å². The molecule has 0 fully saturated rings. The maximum absolute atomic E-state index is 9.58. The molecule has 3 aliphatic carbocycles. The van der Waals surface area contributed by atoms with Crippen molar-refractivity contribution in [1.82, 2.24) is 0 Å². The maximum Gasteiger partial charge on any atom is 0.189 e. The topological polar surface area (TPSA) is 104 Å². The van der Waals surface area contributed by atoms with E-state index in [0.29, 0.717) is 5.76 Å². The number of hydrogen-bond acceptors (Lipinski definition) is 5. The monoisotopic (exact) mass is 262 g/mol. The Kier molecular flexibility index (Phi) is 3.07. The van der Waals surface area contributed by atoms with Crippen LogP contribution in [0.15, 0.2) is 36.1 Å². The molecule has 3 rings (SSSR count). The lowest BCUT2D eigenvalue weighted by Crippen LogP contribution is -2.51. The number of rotatable bonds is 1. The summed E-state index contributed by atoms with van der Waals surface area (Å²) < 4.78 is 5.26. The zero-order valence-electron chi connectivity index (χ0n) is 10.7. The second-order valence-corrected chi connectivity index (χ2v) is 4.61. The minimum atomic E-state index is -1.80. The minimum absolute atomic E-state index is 0.430. The Morgan fingerprint density at radius 1 is 0.950 bits per heavy atom. The molecule has 20 heavy (non-hydrogen) atoms. The molecule has 0 aliphatic heterocycles. The first-order valence-electron chi connectivity index (χ1n) is 5.91. The number of hydrogen-bond donors (Lipinski definition) is 0. The standard InChI is InChI=1S/C15H10N4O/c1-20-13-6-11-4-2-3-5-12(13)15(9-18,10-19)14(11,7-16)8-17/h2-6,11-12H,1H3/t11-,12-/m0/s1. The summed E-state index contributed by atoms with van der Waals surface area (Å²) in [5, 5.41) is 38.2. The van der Waals surface area contributed by atoms with E-state index in [1.165, 1.54) is 7.11 Å². The van der Waals surface area contributed by atoms with Crippen molar-refractivity contribution >= 4 is 0 Å². The molecule has 0 heterocycles. The van der Waals surface area contributed by atoms with Crippen molar-refractivity contribution in [2.75, 3.05) is 7.11 Å². The fourth-order valence-corrected chi connectivity index (χ4v) is 2.81. The SMILES string of the molecule is COC1=C[C@@H]2C=CC=C[C@@H]1C(C#N)(C#N)C2(C#N)C#N. The van der Waals surface area contributed by atoms with Gasteiger partial charge in [0.1, 0.15) is 5.76 Å². The van der Waals surface area contributed by atoms with Crippen molar-refractivity contribution in [1.29, 1.82) is 21.0 Å². The Balaban J connectivity index is 2.90. The van der Waals surface area contributed by atoms with Gasteiger partial charge in [-0.05, 0) is 6.08 Å². The van der Waals surface area contributed by atoms with Gasteiger partial charge >= 0.3 is 0 Å². The van der Waals surface area contributed by atoms with Gasteiger partial charge in [-0.15, -0.1) is 0 Å². The van der Waals surface area contributed by atoms with Crippen LogP contribution in [-0.4, -0.2) is 7.11 Å².